The maximum Gasteiger partial charge on any atom is 0.205 e. The third-order valence-electron chi connectivity index (χ3n) is 3.51. The van der Waals surface area contributed by atoms with Crippen LogP contribution in [0.15, 0.2) is 59.2 Å². The molecule has 21 heavy (non-hydrogen) atoms. The zero-order chi connectivity index (χ0) is 14.4. The van der Waals surface area contributed by atoms with Crippen LogP contribution in [0.2, 0.25) is 0 Å². The van der Waals surface area contributed by atoms with E-state index in [9.17, 15) is 0 Å². The number of aromatic nitrogens is 3. The fourth-order valence-electron chi connectivity index (χ4n) is 2.61. The van der Waals surface area contributed by atoms with Gasteiger partial charge in [-0.1, -0.05) is 22.0 Å². The Bertz CT molecular complexity index is 969. The monoisotopic (exact) mass is 338 g/mol. The summed E-state index contributed by atoms with van der Waals surface area (Å²) in [5.41, 5.74) is 9.91. The first-order chi connectivity index (χ1) is 10.2. The lowest BCUT2D eigenvalue weighted by Gasteiger charge is -2.09. The summed E-state index contributed by atoms with van der Waals surface area (Å²) < 4.78 is 2.95. The summed E-state index contributed by atoms with van der Waals surface area (Å²) in [6, 6.07) is 15.9. The van der Waals surface area contributed by atoms with Gasteiger partial charge in [0.05, 0.1) is 22.2 Å². The SMILES string of the molecule is Nc1nc2cc(Br)ccc2n1-c1cccc2ncccc12. The van der Waals surface area contributed by atoms with Gasteiger partial charge >= 0.3 is 0 Å². The van der Waals surface area contributed by atoms with Crippen molar-refractivity contribution in [1.29, 1.82) is 0 Å². The molecule has 4 nitrogen and oxygen atoms in total. The molecule has 0 bridgehead atoms. The molecule has 0 radical (unpaired) electrons. The van der Waals surface area contributed by atoms with Gasteiger partial charge in [-0.25, -0.2) is 4.98 Å². The van der Waals surface area contributed by atoms with E-state index >= 15 is 0 Å². The number of rotatable bonds is 1. The van der Waals surface area contributed by atoms with E-state index in [0.717, 1.165) is 32.1 Å². The zero-order valence-corrected chi connectivity index (χ0v) is 12.6. The van der Waals surface area contributed by atoms with Crippen molar-refractivity contribution >= 4 is 43.8 Å². The molecule has 102 valence electrons. The molecule has 4 aromatic rings. The Labute approximate surface area is 129 Å². The summed E-state index contributed by atoms with van der Waals surface area (Å²) in [6.07, 6.45) is 1.79. The van der Waals surface area contributed by atoms with Crippen molar-refractivity contribution in [2.24, 2.45) is 0 Å². The molecule has 0 aliphatic carbocycles. The Kier molecular flexibility index (Phi) is 2.68. The van der Waals surface area contributed by atoms with Gasteiger partial charge in [0.25, 0.3) is 0 Å². The van der Waals surface area contributed by atoms with Crippen molar-refractivity contribution in [3.05, 3.63) is 59.2 Å². The van der Waals surface area contributed by atoms with Crippen LogP contribution in [-0.2, 0) is 0 Å². The molecule has 0 saturated carbocycles. The summed E-state index contributed by atoms with van der Waals surface area (Å²) in [7, 11) is 0. The molecular weight excluding hydrogens is 328 g/mol. The maximum atomic E-state index is 6.14. The Balaban J connectivity index is 2.11. The first kappa shape index (κ1) is 12.3. The van der Waals surface area contributed by atoms with Gasteiger partial charge in [-0.3, -0.25) is 9.55 Å². The molecule has 0 spiro atoms. The summed E-state index contributed by atoms with van der Waals surface area (Å²) >= 11 is 3.46. The predicted molar refractivity (Wildman–Crippen MR) is 88.5 cm³/mol. The largest absolute Gasteiger partial charge is 0.369 e. The highest BCUT2D eigenvalue weighted by molar-refractivity contribution is 9.10. The summed E-state index contributed by atoms with van der Waals surface area (Å²) in [5, 5.41) is 1.05. The van der Waals surface area contributed by atoms with Crippen molar-refractivity contribution in [3.63, 3.8) is 0 Å². The zero-order valence-electron chi connectivity index (χ0n) is 11.0. The molecule has 5 heteroatoms. The number of nitrogens with two attached hydrogens (primary N) is 1. The molecule has 0 amide bonds. The van der Waals surface area contributed by atoms with E-state index in [0.29, 0.717) is 5.95 Å². The lowest BCUT2D eigenvalue weighted by atomic mass is 10.1. The van der Waals surface area contributed by atoms with Crippen LogP contribution in [0, 0.1) is 0 Å². The van der Waals surface area contributed by atoms with E-state index in [1.165, 1.54) is 0 Å². The van der Waals surface area contributed by atoms with Crippen LogP contribution in [0.5, 0.6) is 0 Å². The van der Waals surface area contributed by atoms with Crippen molar-refractivity contribution in [3.8, 4) is 5.69 Å². The number of hydrogen-bond acceptors (Lipinski definition) is 3. The van der Waals surface area contributed by atoms with Crippen LogP contribution in [0.4, 0.5) is 5.95 Å². The second kappa shape index (κ2) is 4.56. The van der Waals surface area contributed by atoms with Gasteiger partial charge in [0, 0.05) is 16.1 Å². The molecule has 2 aromatic carbocycles. The molecule has 0 saturated heterocycles. The number of nitrogens with zero attached hydrogens (tertiary/aromatic N) is 3. The van der Waals surface area contributed by atoms with Gasteiger partial charge in [0.1, 0.15) is 0 Å². The van der Waals surface area contributed by atoms with E-state index in [1.807, 2.05) is 53.1 Å². The first-order valence-electron chi connectivity index (χ1n) is 6.51. The minimum absolute atomic E-state index is 0.472. The highest BCUT2D eigenvalue weighted by Gasteiger charge is 2.12. The normalized spacial score (nSPS) is 11.3. The number of hydrogen-bond donors (Lipinski definition) is 1. The quantitative estimate of drug-likeness (QED) is 0.572. The minimum Gasteiger partial charge on any atom is -0.369 e. The molecule has 2 N–H and O–H groups in total. The average Bonchev–Trinajstić information content (AvgIpc) is 2.81. The Morgan fingerprint density at radius 2 is 1.90 bits per heavy atom. The number of anilines is 1. The van der Waals surface area contributed by atoms with Crippen molar-refractivity contribution in [1.82, 2.24) is 14.5 Å². The fraction of sp³-hybridized carbons (Fsp3) is 0. The van der Waals surface area contributed by atoms with Gasteiger partial charge in [-0.15, -0.1) is 0 Å². The van der Waals surface area contributed by atoms with Gasteiger partial charge in [-0.05, 0) is 42.5 Å². The molecule has 0 unspecified atom stereocenters. The number of pyridine rings is 1. The van der Waals surface area contributed by atoms with E-state index in [-0.39, 0.29) is 0 Å². The third-order valence-corrected chi connectivity index (χ3v) is 4.00. The van der Waals surface area contributed by atoms with Crippen LogP contribution in [0.3, 0.4) is 0 Å². The lowest BCUT2D eigenvalue weighted by Crippen LogP contribution is -2.01. The van der Waals surface area contributed by atoms with Crippen LogP contribution in [-0.4, -0.2) is 14.5 Å². The van der Waals surface area contributed by atoms with E-state index in [1.54, 1.807) is 6.20 Å². The van der Waals surface area contributed by atoms with E-state index in [2.05, 4.69) is 25.9 Å². The number of benzene rings is 2. The highest BCUT2D eigenvalue weighted by atomic mass is 79.9. The van der Waals surface area contributed by atoms with Crippen LogP contribution >= 0.6 is 15.9 Å². The summed E-state index contributed by atoms with van der Waals surface area (Å²) in [4.78, 5) is 8.84. The maximum absolute atomic E-state index is 6.14. The number of halogens is 1. The lowest BCUT2D eigenvalue weighted by molar-refractivity contribution is 1.12. The standard InChI is InChI=1S/C16H11BrN4/c17-10-6-7-15-13(9-10)20-16(18)21(15)14-5-1-4-12-11(14)3-2-8-19-12/h1-9H,(H2,18,20). The highest BCUT2D eigenvalue weighted by Crippen LogP contribution is 2.29. The topological polar surface area (TPSA) is 56.7 Å². The van der Waals surface area contributed by atoms with E-state index in [4.69, 9.17) is 5.73 Å². The molecule has 0 aliphatic rings. The van der Waals surface area contributed by atoms with Crippen LogP contribution in [0.1, 0.15) is 0 Å². The molecule has 0 fully saturated rings. The Hall–Kier alpha value is -2.40. The summed E-state index contributed by atoms with van der Waals surface area (Å²) in [6.45, 7) is 0. The molecule has 0 aliphatic heterocycles. The number of nitrogen functional groups attached to an aromatic ring is 1. The molecule has 4 rings (SSSR count). The van der Waals surface area contributed by atoms with Gasteiger partial charge in [0.2, 0.25) is 5.95 Å². The smallest absolute Gasteiger partial charge is 0.205 e. The minimum atomic E-state index is 0.472. The average molecular weight is 339 g/mol. The van der Waals surface area contributed by atoms with Crippen LogP contribution in [0.25, 0.3) is 27.6 Å². The molecular formula is C16H11BrN4. The Morgan fingerprint density at radius 1 is 1.00 bits per heavy atom. The van der Waals surface area contributed by atoms with Gasteiger partial charge in [0.15, 0.2) is 0 Å². The Morgan fingerprint density at radius 3 is 2.81 bits per heavy atom. The number of imidazole rings is 1. The van der Waals surface area contributed by atoms with Crippen molar-refractivity contribution in [2.75, 3.05) is 5.73 Å². The van der Waals surface area contributed by atoms with Crippen molar-refractivity contribution in [2.45, 2.75) is 0 Å². The van der Waals surface area contributed by atoms with E-state index < -0.39 is 0 Å². The molecule has 2 aromatic heterocycles. The third kappa shape index (κ3) is 1.89. The van der Waals surface area contributed by atoms with Gasteiger partial charge in [-0.2, -0.15) is 0 Å². The predicted octanol–water partition coefficient (Wildman–Crippen LogP) is 3.92. The first-order valence-corrected chi connectivity index (χ1v) is 7.31. The second-order valence-electron chi connectivity index (χ2n) is 4.79. The summed E-state index contributed by atoms with van der Waals surface area (Å²) in [5.74, 6) is 0.472. The second-order valence-corrected chi connectivity index (χ2v) is 5.70. The number of fused-ring (bicyclic) bond motifs is 2. The molecule has 0 atom stereocenters. The molecule has 2 heterocycles. The van der Waals surface area contributed by atoms with Crippen LogP contribution < -0.4 is 5.73 Å². The van der Waals surface area contributed by atoms with Gasteiger partial charge < -0.3 is 5.73 Å². The van der Waals surface area contributed by atoms with Crippen molar-refractivity contribution < 1.29 is 0 Å². The fourth-order valence-corrected chi connectivity index (χ4v) is 2.96.